The predicted molar refractivity (Wildman–Crippen MR) is 102 cm³/mol. The van der Waals surface area contributed by atoms with Crippen molar-refractivity contribution in [3.63, 3.8) is 0 Å². The number of carbonyl (C=O) groups is 2. The number of anilines is 1. The largest absolute Gasteiger partial charge is 0.449 e. The number of nitro groups is 1. The Morgan fingerprint density at radius 3 is 2.41 bits per heavy atom. The maximum absolute atomic E-state index is 12.4. The van der Waals surface area contributed by atoms with Crippen LogP contribution >= 0.6 is 0 Å². The van der Waals surface area contributed by atoms with Gasteiger partial charge in [-0.15, -0.1) is 0 Å². The van der Waals surface area contributed by atoms with Crippen molar-refractivity contribution in [3.8, 4) is 0 Å². The molecule has 0 radical (unpaired) electrons. The molecule has 1 N–H and O–H groups in total. The molecule has 1 amide bonds. The van der Waals surface area contributed by atoms with Gasteiger partial charge in [0.2, 0.25) is 0 Å². The van der Waals surface area contributed by atoms with Crippen LogP contribution in [-0.2, 0) is 9.53 Å². The van der Waals surface area contributed by atoms with Gasteiger partial charge in [-0.05, 0) is 37.5 Å². The standard InChI is InChI=1S/C20H22N2O5/c1-12(2)16-7-5-6-8-17(16)21-19(23)14(4)27-20(24)15-10-9-13(3)18(11-15)22(25)26/h5-12,14H,1-4H3,(H,21,23)/t14-/m1/s1. The van der Waals surface area contributed by atoms with Gasteiger partial charge in [-0.1, -0.05) is 38.1 Å². The zero-order valence-electron chi connectivity index (χ0n) is 15.7. The molecule has 0 aromatic heterocycles. The van der Waals surface area contributed by atoms with Crippen molar-refractivity contribution in [2.24, 2.45) is 0 Å². The maximum Gasteiger partial charge on any atom is 0.339 e. The number of nitrogens with zero attached hydrogens (tertiary/aromatic N) is 1. The first-order chi connectivity index (χ1) is 12.7. The van der Waals surface area contributed by atoms with Gasteiger partial charge in [0, 0.05) is 17.3 Å². The highest BCUT2D eigenvalue weighted by molar-refractivity contribution is 5.98. The number of hydrogen-bond donors (Lipinski definition) is 1. The summed E-state index contributed by atoms with van der Waals surface area (Å²) in [7, 11) is 0. The Balaban J connectivity index is 2.10. The minimum atomic E-state index is -1.06. The Morgan fingerprint density at radius 2 is 1.78 bits per heavy atom. The lowest BCUT2D eigenvalue weighted by molar-refractivity contribution is -0.385. The van der Waals surface area contributed by atoms with Crippen molar-refractivity contribution in [2.45, 2.75) is 39.7 Å². The van der Waals surface area contributed by atoms with E-state index in [0.29, 0.717) is 11.3 Å². The van der Waals surface area contributed by atoms with E-state index in [1.807, 2.05) is 32.0 Å². The second-order valence-corrected chi connectivity index (χ2v) is 6.54. The van der Waals surface area contributed by atoms with Crippen LogP contribution in [0.3, 0.4) is 0 Å². The highest BCUT2D eigenvalue weighted by Crippen LogP contribution is 2.24. The molecule has 0 aliphatic rings. The number of amides is 1. The molecular weight excluding hydrogens is 348 g/mol. The maximum atomic E-state index is 12.4. The van der Waals surface area contributed by atoms with Crippen molar-refractivity contribution in [1.29, 1.82) is 0 Å². The van der Waals surface area contributed by atoms with E-state index in [4.69, 9.17) is 4.74 Å². The molecule has 2 aromatic carbocycles. The molecule has 0 aliphatic carbocycles. The first kappa shape index (κ1) is 20.1. The van der Waals surface area contributed by atoms with E-state index < -0.39 is 22.9 Å². The van der Waals surface area contributed by atoms with Crippen LogP contribution in [0.2, 0.25) is 0 Å². The van der Waals surface area contributed by atoms with E-state index in [1.54, 1.807) is 13.0 Å². The molecule has 0 heterocycles. The third-order valence-electron chi connectivity index (χ3n) is 4.14. The van der Waals surface area contributed by atoms with Gasteiger partial charge in [0.1, 0.15) is 0 Å². The Morgan fingerprint density at radius 1 is 1.11 bits per heavy atom. The Bertz CT molecular complexity index is 876. The van der Waals surface area contributed by atoms with Gasteiger partial charge in [0.25, 0.3) is 11.6 Å². The van der Waals surface area contributed by atoms with Gasteiger partial charge < -0.3 is 10.1 Å². The number of carbonyl (C=O) groups excluding carboxylic acids is 2. The second kappa shape index (κ2) is 8.44. The number of aryl methyl sites for hydroxylation is 1. The summed E-state index contributed by atoms with van der Waals surface area (Å²) < 4.78 is 5.17. The SMILES string of the molecule is Cc1ccc(C(=O)O[C@H](C)C(=O)Nc2ccccc2C(C)C)cc1[N+](=O)[O-]. The van der Waals surface area contributed by atoms with Crippen molar-refractivity contribution in [3.05, 3.63) is 69.3 Å². The second-order valence-electron chi connectivity index (χ2n) is 6.54. The number of hydrogen-bond acceptors (Lipinski definition) is 5. The molecule has 0 bridgehead atoms. The molecular formula is C20H22N2O5. The van der Waals surface area contributed by atoms with E-state index in [1.165, 1.54) is 19.1 Å². The minimum absolute atomic E-state index is 0.0227. The number of ether oxygens (including phenoxy) is 1. The molecule has 7 nitrogen and oxygen atoms in total. The monoisotopic (exact) mass is 370 g/mol. The first-order valence-electron chi connectivity index (χ1n) is 8.56. The fourth-order valence-electron chi connectivity index (χ4n) is 2.56. The molecule has 142 valence electrons. The van der Waals surface area contributed by atoms with Gasteiger partial charge in [-0.2, -0.15) is 0 Å². The molecule has 0 unspecified atom stereocenters. The van der Waals surface area contributed by atoms with E-state index >= 15 is 0 Å². The Kier molecular flexibility index (Phi) is 6.28. The van der Waals surface area contributed by atoms with Gasteiger partial charge in [0.15, 0.2) is 6.10 Å². The van der Waals surface area contributed by atoms with E-state index in [2.05, 4.69) is 5.32 Å². The molecule has 27 heavy (non-hydrogen) atoms. The number of esters is 1. The highest BCUT2D eigenvalue weighted by atomic mass is 16.6. The van der Waals surface area contributed by atoms with Crippen molar-refractivity contribution in [2.75, 3.05) is 5.32 Å². The van der Waals surface area contributed by atoms with E-state index in [9.17, 15) is 19.7 Å². The topological polar surface area (TPSA) is 98.5 Å². The molecule has 0 saturated carbocycles. The third-order valence-corrected chi connectivity index (χ3v) is 4.14. The summed E-state index contributed by atoms with van der Waals surface area (Å²) in [6.07, 6.45) is -1.06. The fraction of sp³-hybridized carbons (Fsp3) is 0.300. The molecule has 1 atom stereocenters. The molecule has 2 aromatic rings. The Hall–Kier alpha value is -3.22. The molecule has 0 saturated heterocycles. The van der Waals surface area contributed by atoms with Gasteiger partial charge in [-0.3, -0.25) is 14.9 Å². The molecule has 7 heteroatoms. The molecule has 0 spiro atoms. The lowest BCUT2D eigenvalue weighted by atomic mass is 10.0. The van der Waals surface area contributed by atoms with Gasteiger partial charge >= 0.3 is 5.97 Å². The van der Waals surface area contributed by atoms with Crippen LogP contribution in [-0.4, -0.2) is 22.9 Å². The molecule has 0 aliphatic heterocycles. The van der Waals surface area contributed by atoms with Gasteiger partial charge in [-0.25, -0.2) is 4.79 Å². The summed E-state index contributed by atoms with van der Waals surface area (Å²) in [5.41, 5.74) is 1.92. The summed E-state index contributed by atoms with van der Waals surface area (Å²) in [5.74, 6) is -1.05. The first-order valence-corrected chi connectivity index (χ1v) is 8.56. The number of benzene rings is 2. The van der Waals surface area contributed by atoms with Crippen molar-refractivity contribution >= 4 is 23.3 Å². The smallest absolute Gasteiger partial charge is 0.339 e. The average molecular weight is 370 g/mol. The van der Waals surface area contributed by atoms with Crippen LogP contribution in [0.1, 0.15) is 48.2 Å². The van der Waals surface area contributed by atoms with Crippen LogP contribution in [0, 0.1) is 17.0 Å². The van der Waals surface area contributed by atoms with Crippen molar-refractivity contribution in [1.82, 2.24) is 0 Å². The summed E-state index contributed by atoms with van der Waals surface area (Å²) in [5, 5.41) is 13.8. The number of rotatable bonds is 6. The minimum Gasteiger partial charge on any atom is -0.449 e. The normalized spacial score (nSPS) is 11.7. The third kappa shape index (κ3) is 4.91. The summed E-state index contributed by atoms with van der Waals surface area (Å²) in [4.78, 5) is 35.1. The van der Waals surface area contributed by atoms with Crippen LogP contribution < -0.4 is 5.32 Å². The molecule has 2 rings (SSSR count). The van der Waals surface area contributed by atoms with Gasteiger partial charge in [0.05, 0.1) is 10.5 Å². The zero-order chi connectivity index (χ0) is 20.1. The van der Waals surface area contributed by atoms with Crippen LogP contribution in [0.25, 0.3) is 0 Å². The summed E-state index contributed by atoms with van der Waals surface area (Å²) in [6.45, 7) is 7.06. The number of nitrogens with one attached hydrogen (secondary N) is 1. The number of nitro benzene ring substituents is 1. The van der Waals surface area contributed by atoms with Crippen LogP contribution in [0.15, 0.2) is 42.5 Å². The van der Waals surface area contributed by atoms with Crippen LogP contribution in [0.4, 0.5) is 11.4 Å². The van der Waals surface area contributed by atoms with Crippen LogP contribution in [0.5, 0.6) is 0 Å². The lowest BCUT2D eigenvalue weighted by Gasteiger charge is -2.17. The fourth-order valence-corrected chi connectivity index (χ4v) is 2.56. The summed E-state index contributed by atoms with van der Waals surface area (Å²) >= 11 is 0. The highest BCUT2D eigenvalue weighted by Gasteiger charge is 2.22. The Labute approximate surface area is 157 Å². The quantitative estimate of drug-likeness (QED) is 0.466. The van der Waals surface area contributed by atoms with Crippen molar-refractivity contribution < 1.29 is 19.2 Å². The van der Waals surface area contributed by atoms with E-state index in [0.717, 1.165) is 11.6 Å². The average Bonchev–Trinajstić information content (AvgIpc) is 2.61. The summed E-state index contributed by atoms with van der Waals surface area (Å²) in [6, 6.07) is 11.5. The number of para-hydroxylation sites is 1. The lowest BCUT2D eigenvalue weighted by Crippen LogP contribution is -2.30. The predicted octanol–water partition coefficient (Wildman–Crippen LogP) is 4.21. The molecule has 0 fully saturated rings. The zero-order valence-corrected chi connectivity index (χ0v) is 15.7. The van der Waals surface area contributed by atoms with E-state index in [-0.39, 0.29) is 17.2 Å².